The van der Waals surface area contributed by atoms with Crippen molar-refractivity contribution in [2.45, 2.75) is 52.8 Å². The Morgan fingerprint density at radius 1 is 0.862 bits per heavy atom. The van der Waals surface area contributed by atoms with Crippen LogP contribution in [0.3, 0.4) is 0 Å². The number of rotatable bonds is 11. The maximum atomic E-state index is 14.6. The monoisotopic (exact) mass is 436 g/mol. The van der Waals surface area contributed by atoms with Crippen LogP contribution in [0, 0.1) is 0 Å². The van der Waals surface area contributed by atoms with Crippen LogP contribution in [0.5, 0.6) is 0 Å². The second-order valence-electron chi connectivity index (χ2n) is 8.13. The van der Waals surface area contributed by atoms with Crippen LogP contribution < -0.4 is 0 Å². The summed E-state index contributed by atoms with van der Waals surface area (Å²) in [5.74, 6) is 0.385. The molecule has 2 aromatic rings. The summed E-state index contributed by atoms with van der Waals surface area (Å²) in [4.78, 5) is 0. The molecule has 6 heteroatoms. The zero-order valence-corrected chi connectivity index (χ0v) is 19.7. The Balaban J connectivity index is 2.44. The molecular formula is C23H34ClN2O2P. The molecule has 0 aliphatic heterocycles. The molecule has 0 saturated heterocycles. The molecule has 1 unspecified atom stereocenters. The quantitative estimate of drug-likeness (QED) is 0.295. The van der Waals surface area contributed by atoms with Crippen molar-refractivity contribution in [3.8, 4) is 0 Å². The lowest BCUT2D eigenvalue weighted by molar-refractivity contribution is 0.0901. The molecule has 1 atom stereocenters. The molecular weight excluding hydrogens is 403 g/mol. The third-order valence-corrected chi connectivity index (χ3v) is 7.41. The van der Waals surface area contributed by atoms with E-state index in [2.05, 4.69) is 19.1 Å². The van der Waals surface area contributed by atoms with E-state index in [-0.39, 0.29) is 0 Å². The third-order valence-electron chi connectivity index (χ3n) is 4.35. The van der Waals surface area contributed by atoms with E-state index < -0.39 is 13.3 Å². The van der Waals surface area contributed by atoms with Gasteiger partial charge in [0.15, 0.2) is 0 Å². The predicted molar refractivity (Wildman–Crippen MR) is 123 cm³/mol. The van der Waals surface area contributed by atoms with Crippen LogP contribution >= 0.6 is 19.3 Å². The van der Waals surface area contributed by atoms with Crippen LogP contribution in [0.1, 0.15) is 45.2 Å². The first-order chi connectivity index (χ1) is 13.8. The highest BCUT2D eigenvalue weighted by molar-refractivity contribution is 7.53. The van der Waals surface area contributed by atoms with Gasteiger partial charge in [-0.3, -0.25) is 4.57 Å². The van der Waals surface area contributed by atoms with Crippen LogP contribution in [-0.2, 0) is 22.2 Å². The van der Waals surface area contributed by atoms with Crippen molar-refractivity contribution in [1.82, 2.24) is 9.34 Å². The van der Waals surface area contributed by atoms with Gasteiger partial charge in [-0.1, -0.05) is 67.6 Å². The van der Waals surface area contributed by atoms with E-state index in [1.807, 2.05) is 78.6 Å². The summed E-state index contributed by atoms with van der Waals surface area (Å²) in [6.45, 7) is 10.2. The summed E-state index contributed by atoms with van der Waals surface area (Å²) in [5, 5.41) is 0. The largest absolute Gasteiger partial charge is 0.347 e. The topological polar surface area (TPSA) is 32.8 Å². The van der Waals surface area contributed by atoms with Gasteiger partial charge < -0.3 is 4.52 Å². The molecule has 0 bridgehead atoms. The summed E-state index contributed by atoms with van der Waals surface area (Å²) in [6.07, 6.45) is 0.879. The van der Waals surface area contributed by atoms with Crippen LogP contribution in [0.25, 0.3) is 0 Å². The van der Waals surface area contributed by atoms with Gasteiger partial charge in [-0.25, -0.2) is 9.34 Å². The number of nitrogens with zero attached hydrogens (tertiary/aromatic N) is 2. The second kappa shape index (κ2) is 11.3. The highest BCUT2D eigenvalue weighted by atomic mass is 35.5. The maximum Gasteiger partial charge on any atom is 0.347 e. The van der Waals surface area contributed by atoms with Gasteiger partial charge in [-0.2, -0.15) is 0 Å². The highest BCUT2D eigenvalue weighted by Gasteiger charge is 2.41. The summed E-state index contributed by atoms with van der Waals surface area (Å²) in [5.41, 5.74) is 1.65. The number of benzene rings is 2. The van der Waals surface area contributed by atoms with Crippen molar-refractivity contribution in [2.24, 2.45) is 0 Å². The number of halogens is 1. The Morgan fingerprint density at radius 2 is 1.31 bits per heavy atom. The molecule has 4 nitrogen and oxygen atoms in total. The predicted octanol–water partition coefficient (Wildman–Crippen LogP) is 6.56. The molecule has 0 fully saturated rings. The molecule has 2 aromatic carbocycles. The molecule has 0 saturated carbocycles. The van der Waals surface area contributed by atoms with Crippen LogP contribution in [0.15, 0.2) is 60.7 Å². The fraction of sp³-hybridized carbons (Fsp3) is 0.478. The van der Waals surface area contributed by atoms with E-state index in [4.69, 9.17) is 16.1 Å². The Bertz CT molecular complexity index is 710. The molecule has 0 aliphatic carbocycles. The van der Waals surface area contributed by atoms with Crippen LogP contribution in [0.4, 0.5) is 0 Å². The summed E-state index contributed by atoms with van der Waals surface area (Å²) < 4.78 is 24.9. The molecule has 29 heavy (non-hydrogen) atoms. The lowest BCUT2D eigenvalue weighted by Crippen LogP contribution is -2.37. The zero-order valence-electron chi connectivity index (χ0n) is 18.1. The lowest BCUT2D eigenvalue weighted by Gasteiger charge is -2.41. The highest BCUT2D eigenvalue weighted by Crippen LogP contribution is 2.58. The molecule has 0 aliphatic rings. The number of hydrogen-bond donors (Lipinski definition) is 0. The lowest BCUT2D eigenvalue weighted by atomic mass is 10.2. The van der Waals surface area contributed by atoms with Crippen molar-refractivity contribution in [1.29, 1.82) is 0 Å². The molecule has 0 N–H and O–H groups in total. The first-order valence-corrected chi connectivity index (χ1v) is 12.3. The van der Waals surface area contributed by atoms with Gasteiger partial charge in [-0.05, 0) is 38.3 Å². The van der Waals surface area contributed by atoms with E-state index in [0.717, 1.165) is 17.5 Å². The van der Waals surface area contributed by atoms with E-state index in [9.17, 15) is 4.57 Å². The third kappa shape index (κ3) is 7.55. The van der Waals surface area contributed by atoms with Gasteiger partial charge in [0, 0.05) is 32.1 Å². The molecule has 0 amide bonds. The Morgan fingerprint density at radius 3 is 1.69 bits per heavy atom. The van der Waals surface area contributed by atoms with Gasteiger partial charge in [-0.15, -0.1) is 11.6 Å². The summed E-state index contributed by atoms with van der Waals surface area (Å²) in [6, 6.07) is 20.2. The van der Waals surface area contributed by atoms with Crippen molar-refractivity contribution < 1.29 is 9.09 Å². The van der Waals surface area contributed by atoms with Crippen molar-refractivity contribution in [2.75, 3.05) is 19.0 Å². The standard InChI is InChI=1S/C23H34ClN2O2P/c1-5-17-25(19-21-12-8-6-9-13-21)29(27,28-23(2,3)4)26(18-16-24)20-22-14-10-7-11-15-22/h6-15H,5,16-20H2,1-4H3. The number of hydrogen-bond acceptors (Lipinski definition) is 2. The minimum absolute atomic E-state index is 0.385. The molecule has 0 aromatic heterocycles. The molecule has 0 spiro atoms. The fourth-order valence-corrected chi connectivity index (χ4v) is 6.30. The van der Waals surface area contributed by atoms with Gasteiger partial charge in [0.1, 0.15) is 0 Å². The first kappa shape index (κ1) is 24.1. The van der Waals surface area contributed by atoms with Gasteiger partial charge >= 0.3 is 7.67 Å². The van der Waals surface area contributed by atoms with Gasteiger partial charge in [0.25, 0.3) is 0 Å². The Hall–Kier alpha value is -1.16. The van der Waals surface area contributed by atoms with E-state index in [0.29, 0.717) is 32.1 Å². The van der Waals surface area contributed by atoms with Crippen molar-refractivity contribution in [3.05, 3.63) is 71.8 Å². The average molecular weight is 437 g/mol. The van der Waals surface area contributed by atoms with Crippen LogP contribution in [0.2, 0.25) is 0 Å². The minimum atomic E-state index is -3.34. The molecule has 2 rings (SSSR count). The minimum Gasteiger partial charge on any atom is -0.300 e. The fourth-order valence-electron chi connectivity index (χ4n) is 3.18. The molecule has 0 radical (unpaired) electrons. The smallest absolute Gasteiger partial charge is 0.300 e. The average Bonchev–Trinajstić information content (AvgIpc) is 2.67. The maximum absolute atomic E-state index is 14.6. The Kier molecular flexibility index (Phi) is 9.39. The van der Waals surface area contributed by atoms with Crippen molar-refractivity contribution in [3.63, 3.8) is 0 Å². The SMILES string of the molecule is CCCN(Cc1ccccc1)P(=O)(OC(C)(C)C)N(CCCl)Cc1ccccc1. The van der Waals surface area contributed by atoms with Crippen LogP contribution in [-0.4, -0.2) is 33.9 Å². The normalized spacial score (nSPS) is 14.3. The van der Waals surface area contributed by atoms with Gasteiger partial charge in [0.2, 0.25) is 0 Å². The first-order valence-electron chi connectivity index (χ1n) is 10.2. The molecule has 160 valence electrons. The molecule has 0 heterocycles. The second-order valence-corrected chi connectivity index (χ2v) is 10.8. The zero-order chi connectivity index (χ0) is 21.3. The number of alkyl halides is 1. The van der Waals surface area contributed by atoms with Crippen molar-refractivity contribution >= 4 is 19.3 Å². The van der Waals surface area contributed by atoms with Gasteiger partial charge in [0.05, 0.1) is 5.60 Å². The van der Waals surface area contributed by atoms with E-state index in [1.165, 1.54) is 0 Å². The summed E-state index contributed by atoms with van der Waals surface area (Å²) >= 11 is 6.14. The van der Waals surface area contributed by atoms with E-state index in [1.54, 1.807) is 0 Å². The summed E-state index contributed by atoms with van der Waals surface area (Å²) in [7, 11) is -3.34. The Labute approximate surface area is 181 Å². The van der Waals surface area contributed by atoms with E-state index >= 15 is 0 Å².